The second kappa shape index (κ2) is 10.0. The van der Waals surface area contributed by atoms with Crippen molar-refractivity contribution in [3.8, 4) is 0 Å². The Morgan fingerprint density at radius 2 is 1.41 bits per heavy atom. The highest BCUT2D eigenvalue weighted by molar-refractivity contribution is 8.76. The fourth-order valence-electron chi connectivity index (χ4n) is 1.71. The molecule has 0 aromatic heterocycles. The van der Waals surface area contributed by atoms with Gasteiger partial charge in [0.2, 0.25) is 5.12 Å². The van der Waals surface area contributed by atoms with E-state index in [4.69, 9.17) is 5.73 Å². The summed E-state index contributed by atoms with van der Waals surface area (Å²) in [6, 6.07) is 19.9. The Morgan fingerprint density at radius 1 is 0.864 bits per heavy atom. The van der Waals surface area contributed by atoms with Crippen LogP contribution in [0.15, 0.2) is 60.7 Å². The zero-order valence-corrected chi connectivity index (χ0v) is 14.6. The van der Waals surface area contributed by atoms with Crippen LogP contribution in [0.4, 0.5) is 0 Å². The van der Waals surface area contributed by atoms with Crippen LogP contribution in [0.3, 0.4) is 0 Å². The molecule has 22 heavy (non-hydrogen) atoms. The molecule has 0 aliphatic heterocycles. The van der Waals surface area contributed by atoms with Gasteiger partial charge in [0.15, 0.2) is 0 Å². The molecule has 116 valence electrons. The lowest BCUT2D eigenvalue weighted by Crippen LogP contribution is -2.30. The molecule has 5 heteroatoms. The summed E-state index contributed by atoms with van der Waals surface area (Å²) in [4.78, 5) is 12.0. The van der Waals surface area contributed by atoms with Gasteiger partial charge in [0.1, 0.15) is 0 Å². The highest BCUT2D eigenvalue weighted by atomic mass is 33.1. The summed E-state index contributed by atoms with van der Waals surface area (Å²) in [5, 5.41) is 0.0664. The van der Waals surface area contributed by atoms with Crippen molar-refractivity contribution in [3.63, 3.8) is 0 Å². The number of rotatable bonds is 8. The summed E-state index contributed by atoms with van der Waals surface area (Å²) in [6.45, 7) is 0. The number of benzene rings is 2. The number of carbonyl (C=O) groups excluding carboxylic acids is 1. The lowest BCUT2D eigenvalue weighted by Gasteiger charge is -2.09. The highest BCUT2D eigenvalue weighted by Gasteiger charge is 2.14. The molecule has 0 saturated carbocycles. The summed E-state index contributed by atoms with van der Waals surface area (Å²) < 4.78 is 0. The first-order chi connectivity index (χ1) is 10.8. The molecular formula is C17H19NOS3. The van der Waals surface area contributed by atoms with Crippen LogP contribution in [0, 0.1) is 0 Å². The summed E-state index contributed by atoms with van der Waals surface area (Å²) in [6.07, 6.45) is 0. The van der Waals surface area contributed by atoms with Gasteiger partial charge in [-0.1, -0.05) is 94.0 Å². The molecule has 0 heterocycles. The number of nitrogens with two attached hydrogens (primary N) is 1. The number of hydrogen-bond acceptors (Lipinski definition) is 5. The third kappa shape index (κ3) is 6.48. The van der Waals surface area contributed by atoms with Gasteiger partial charge in [-0.05, 0) is 11.1 Å². The average Bonchev–Trinajstić information content (AvgIpc) is 2.58. The van der Waals surface area contributed by atoms with E-state index in [1.807, 2.05) is 48.5 Å². The van der Waals surface area contributed by atoms with E-state index in [-0.39, 0.29) is 5.12 Å². The first-order valence-corrected chi connectivity index (χ1v) is 10.5. The van der Waals surface area contributed by atoms with Crippen LogP contribution in [0.2, 0.25) is 0 Å². The Kier molecular flexibility index (Phi) is 7.94. The van der Waals surface area contributed by atoms with Gasteiger partial charge in [-0.3, -0.25) is 4.79 Å². The Hall–Kier alpha value is -0.880. The van der Waals surface area contributed by atoms with Crippen molar-refractivity contribution in [3.05, 3.63) is 71.8 Å². The van der Waals surface area contributed by atoms with E-state index >= 15 is 0 Å². The largest absolute Gasteiger partial charge is 0.320 e. The van der Waals surface area contributed by atoms with Crippen LogP contribution in [-0.4, -0.2) is 16.9 Å². The second-order valence-electron chi connectivity index (χ2n) is 4.73. The molecule has 0 amide bonds. The smallest absolute Gasteiger partial charge is 0.206 e. The lowest BCUT2D eigenvalue weighted by molar-refractivity contribution is -0.111. The van der Waals surface area contributed by atoms with Crippen molar-refractivity contribution in [1.82, 2.24) is 0 Å². The van der Waals surface area contributed by atoms with Gasteiger partial charge >= 0.3 is 0 Å². The van der Waals surface area contributed by atoms with Gasteiger partial charge < -0.3 is 5.73 Å². The van der Waals surface area contributed by atoms with Gasteiger partial charge in [0.25, 0.3) is 0 Å². The summed E-state index contributed by atoms with van der Waals surface area (Å²) >= 11 is 1.31. The molecule has 1 unspecified atom stereocenters. The molecule has 0 fully saturated rings. The lowest BCUT2D eigenvalue weighted by atomic mass is 10.2. The molecule has 2 rings (SSSR count). The minimum atomic E-state index is -0.401. The molecule has 0 bridgehead atoms. The molecular weight excluding hydrogens is 330 g/mol. The standard InChI is InChI=1S/C17H19NOS3/c18-16(13-22-21-12-15-9-5-2-6-10-15)17(19)20-11-14-7-3-1-4-8-14/h1-10,16H,11-13,18H2. The SMILES string of the molecule is NC(CSSCc1ccccc1)C(=O)SCc1ccccc1. The molecule has 0 spiro atoms. The van der Waals surface area contributed by atoms with Gasteiger partial charge in [-0.15, -0.1) is 0 Å². The predicted octanol–water partition coefficient (Wildman–Crippen LogP) is 4.36. The van der Waals surface area contributed by atoms with Gasteiger partial charge in [-0.2, -0.15) is 0 Å². The van der Waals surface area contributed by atoms with Crippen molar-refractivity contribution in [2.45, 2.75) is 17.5 Å². The summed E-state index contributed by atoms with van der Waals surface area (Å²) in [7, 11) is 3.41. The third-order valence-electron chi connectivity index (χ3n) is 2.93. The van der Waals surface area contributed by atoms with Crippen molar-refractivity contribution in [2.24, 2.45) is 5.73 Å². The first-order valence-electron chi connectivity index (χ1n) is 7.00. The molecule has 2 N–H and O–H groups in total. The Bertz CT molecular complexity index is 563. The van der Waals surface area contributed by atoms with Gasteiger partial charge in [0.05, 0.1) is 6.04 Å². The molecule has 2 aromatic rings. The fraction of sp³-hybridized carbons (Fsp3) is 0.235. The van der Waals surface area contributed by atoms with Crippen molar-refractivity contribution >= 4 is 38.5 Å². The van der Waals surface area contributed by atoms with E-state index < -0.39 is 6.04 Å². The summed E-state index contributed by atoms with van der Waals surface area (Å²) in [5.74, 6) is 2.27. The maximum Gasteiger partial charge on any atom is 0.206 e. The van der Waals surface area contributed by atoms with Crippen LogP contribution in [0.5, 0.6) is 0 Å². The summed E-state index contributed by atoms with van der Waals surface area (Å²) in [5.41, 5.74) is 8.40. The molecule has 2 aromatic carbocycles. The normalized spacial score (nSPS) is 12.0. The maximum atomic E-state index is 12.0. The Labute approximate surface area is 144 Å². The van der Waals surface area contributed by atoms with E-state index in [0.717, 1.165) is 11.3 Å². The molecule has 2 nitrogen and oxygen atoms in total. The maximum absolute atomic E-state index is 12.0. The van der Waals surface area contributed by atoms with Gasteiger partial charge in [0, 0.05) is 17.3 Å². The van der Waals surface area contributed by atoms with Crippen LogP contribution in [-0.2, 0) is 16.3 Å². The molecule has 0 aliphatic carbocycles. The monoisotopic (exact) mass is 349 g/mol. The van der Waals surface area contributed by atoms with Crippen LogP contribution in [0.1, 0.15) is 11.1 Å². The Balaban J connectivity index is 1.62. The van der Waals surface area contributed by atoms with E-state index in [9.17, 15) is 4.79 Å². The van der Waals surface area contributed by atoms with E-state index in [1.54, 1.807) is 21.6 Å². The fourth-order valence-corrected chi connectivity index (χ4v) is 4.81. The predicted molar refractivity (Wildman–Crippen MR) is 101 cm³/mol. The minimum absolute atomic E-state index is 0.0664. The number of hydrogen-bond donors (Lipinski definition) is 1. The molecule has 0 aliphatic rings. The molecule has 1 atom stereocenters. The Morgan fingerprint density at radius 3 is 2.00 bits per heavy atom. The van der Waals surface area contributed by atoms with Crippen molar-refractivity contribution < 1.29 is 4.79 Å². The molecule has 0 radical (unpaired) electrons. The van der Waals surface area contributed by atoms with E-state index in [1.165, 1.54) is 17.3 Å². The first kappa shape index (κ1) is 17.5. The number of carbonyl (C=O) groups is 1. The van der Waals surface area contributed by atoms with Crippen molar-refractivity contribution in [2.75, 3.05) is 5.75 Å². The number of thioether (sulfide) groups is 1. The highest BCUT2D eigenvalue weighted by Crippen LogP contribution is 2.27. The quantitative estimate of drug-likeness (QED) is 0.567. The van der Waals surface area contributed by atoms with Crippen LogP contribution < -0.4 is 5.73 Å². The second-order valence-corrected chi connectivity index (χ2v) is 8.22. The third-order valence-corrected chi connectivity index (χ3v) is 6.37. The van der Waals surface area contributed by atoms with Crippen molar-refractivity contribution in [1.29, 1.82) is 0 Å². The van der Waals surface area contributed by atoms with Crippen LogP contribution >= 0.6 is 33.3 Å². The van der Waals surface area contributed by atoms with E-state index in [0.29, 0.717) is 11.5 Å². The average molecular weight is 350 g/mol. The topological polar surface area (TPSA) is 43.1 Å². The minimum Gasteiger partial charge on any atom is -0.320 e. The van der Waals surface area contributed by atoms with Gasteiger partial charge in [-0.25, -0.2) is 0 Å². The van der Waals surface area contributed by atoms with Crippen LogP contribution in [0.25, 0.3) is 0 Å². The zero-order chi connectivity index (χ0) is 15.6. The molecule has 0 saturated heterocycles. The zero-order valence-electron chi connectivity index (χ0n) is 12.2. The van der Waals surface area contributed by atoms with E-state index in [2.05, 4.69) is 12.1 Å².